The van der Waals surface area contributed by atoms with Crippen molar-refractivity contribution in [2.75, 3.05) is 5.73 Å². The molecule has 2 heterocycles. The molecule has 5 heteroatoms. The highest BCUT2D eigenvalue weighted by Gasteiger charge is 2.12. The molecule has 1 unspecified atom stereocenters. The van der Waals surface area contributed by atoms with Crippen molar-refractivity contribution in [3.8, 4) is 0 Å². The number of amides is 1. The second-order valence-electron chi connectivity index (χ2n) is 3.68. The molecule has 0 spiro atoms. The summed E-state index contributed by atoms with van der Waals surface area (Å²) >= 11 is 1.61. The van der Waals surface area contributed by atoms with Gasteiger partial charge in [-0.3, -0.25) is 9.78 Å². The number of pyridine rings is 1. The van der Waals surface area contributed by atoms with Gasteiger partial charge in [0, 0.05) is 16.8 Å². The van der Waals surface area contributed by atoms with Gasteiger partial charge in [0.05, 0.1) is 6.04 Å². The van der Waals surface area contributed by atoms with Crippen LogP contribution in [0.15, 0.2) is 35.8 Å². The molecule has 3 N–H and O–H groups in total. The number of hydrogen-bond acceptors (Lipinski definition) is 4. The number of nitrogens with two attached hydrogens (primary N) is 1. The van der Waals surface area contributed by atoms with Crippen LogP contribution in [0.1, 0.15) is 28.3 Å². The number of nitrogens with one attached hydrogen (secondary N) is 1. The molecule has 2 aromatic heterocycles. The number of hydrogen-bond donors (Lipinski definition) is 2. The SMILES string of the molecule is CC(NC(=O)c1cc(N)ccn1)c1cccs1. The normalized spacial score (nSPS) is 12.1. The van der Waals surface area contributed by atoms with Gasteiger partial charge in [0.2, 0.25) is 0 Å². The number of nitrogens with zero attached hydrogens (tertiary/aromatic N) is 1. The molecule has 0 fully saturated rings. The van der Waals surface area contributed by atoms with E-state index in [0.29, 0.717) is 11.4 Å². The van der Waals surface area contributed by atoms with Gasteiger partial charge in [-0.15, -0.1) is 11.3 Å². The van der Waals surface area contributed by atoms with E-state index >= 15 is 0 Å². The molecule has 0 saturated carbocycles. The van der Waals surface area contributed by atoms with E-state index in [1.807, 2.05) is 24.4 Å². The van der Waals surface area contributed by atoms with E-state index < -0.39 is 0 Å². The summed E-state index contributed by atoms with van der Waals surface area (Å²) in [6.07, 6.45) is 1.53. The summed E-state index contributed by atoms with van der Waals surface area (Å²) in [5, 5.41) is 4.86. The molecule has 2 rings (SSSR count). The van der Waals surface area contributed by atoms with Crippen molar-refractivity contribution in [3.05, 3.63) is 46.4 Å². The van der Waals surface area contributed by atoms with Crippen molar-refractivity contribution in [2.24, 2.45) is 0 Å². The minimum Gasteiger partial charge on any atom is -0.399 e. The number of thiophene rings is 1. The van der Waals surface area contributed by atoms with Gasteiger partial charge < -0.3 is 11.1 Å². The summed E-state index contributed by atoms with van der Waals surface area (Å²) in [5.41, 5.74) is 6.48. The molecule has 4 nitrogen and oxygen atoms in total. The Morgan fingerprint density at radius 2 is 2.35 bits per heavy atom. The average molecular weight is 247 g/mol. The fourth-order valence-electron chi connectivity index (χ4n) is 1.45. The van der Waals surface area contributed by atoms with Gasteiger partial charge >= 0.3 is 0 Å². The lowest BCUT2D eigenvalue weighted by molar-refractivity contribution is 0.0935. The zero-order valence-electron chi connectivity index (χ0n) is 9.38. The summed E-state index contributed by atoms with van der Waals surface area (Å²) in [7, 11) is 0. The third-order valence-electron chi connectivity index (χ3n) is 2.33. The van der Waals surface area contributed by atoms with Crippen LogP contribution in [0.5, 0.6) is 0 Å². The number of carbonyl (C=O) groups excluding carboxylic acids is 1. The Labute approximate surface area is 103 Å². The second-order valence-corrected chi connectivity index (χ2v) is 4.66. The monoisotopic (exact) mass is 247 g/mol. The first-order chi connectivity index (χ1) is 8.16. The van der Waals surface area contributed by atoms with E-state index in [-0.39, 0.29) is 11.9 Å². The minimum absolute atomic E-state index is 0.0225. The Kier molecular flexibility index (Phi) is 3.39. The molecule has 0 aliphatic carbocycles. The van der Waals surface area contributed by atoms with E-state index in [9.17, 15) is 4.79 Å². The Balaban J connectivity index is 2.07. The standard InChI is InChI=1S/C12H13N3OS/c1-8(11-3-2-6-17-11)15-12(16)10-7-9(13)4-5-14-10/h2-8H,1H3,(H2,13,14)(H,15,16). The van der Waals surface area contributed by atoms with Crippen LogP contribution in [0.4, 0.5) is 5.69 Å². The molecule has 0 aliphatic rings. The third kappa shape index (κ3) is 2.82. The minimum atomic E-state index is -0.210. The van der Waals surface area contributed by atoms with E-state index in [2.05, 4.69) is 10.3 Å². The molecule has 1 amide bonds. The van der Waals surface area contributed by atoms with Crippen LogP contribution in [0.25, 0.3) is 0 Å². The fourth-order valence-corrected chi connectivity index (χ4v) is 2.18. The molecule has 0 bridgehead atoms. The largest absolute Gasteiger partial charge is 0.399 e. The van der Waals surface area contributed by atoms with Crippen LogP contribution in [-0.2, 0) is 0 Å². The van der Waals surface area contributed by atoms with Crippen LogP contribution in [0.3, 0.4) is 0 Å². The average Bonchev–Trinajstić information content (AvgIpc) is 2.82. The van der Waals surface area contributed by atoms with Gasteiger partial charge in [-0.05, 0) is 30.5 Å². The van der Waals surface area contributed by atoms with Gasteiger partial charge in [0.15, 0.2) is 0 Å². The zero-order chi connectivity index (χ0) is 12.3. The molecule has 17 heavy (non-hydrogen) atoms. The maximum Gasteiger partial charge on any atom is 0.270 e. The Bertz CT molecular complexity index is 510. The van der Waals surface area contributed by atoms with Crippen molar-refractivity contribution in [2.45, 2.75) is 13.0 Å². The lowest BCUT2D eigenvalue weighted by Crippen LogP contribution is -2.26. The number of nitrogen functional groups attached to an aromatic ring is 1. The smallest absolute Gasteiger partial charge is 0.270 e. The highest BCUT2D eigenvalue weighted by molar-refractivity contribution is 7.10. The molecular weight excluding hydrogens is 234 g/mol. The van der Waals surface area contributed by atoms with E-state index in [1.165, 1.54) is 6.20 Å². The summed E-state index contributed by atoms with van der Waals surface area (Å²) in [5.74, 6) is -0.210. The van der Waals surface area contributed by atoms with Crippen LogP contribution < -0.4 is 11.1 Å². The molecule has 88 valence electrons. The van der Waals surface area contributed by atoms with Crippen LogP contribution in [0.2, 0.25) is 0 Å². The van der Waals surface area contributed by atoms with Crippen molar-refractivity contribution < 1.29 is 4.79 Å². The van der Waals surface area contributed by atoms with E-state index in [0.717, 1.165) is 4.88 Å². The molecule has 2 aromatic rings. The maximum atomic E-state index is 11.9. The van der Waals surface area contributed by atoms with E-state index in [4.69, 9.17) is 5.73 Å². The lowest BCUT2D eigenvalue weighted by atomic mass is 10.2. The van der Waals surface area contributed by atoms with E-state index in [1.54, 1.807) is 23.5 Å². The predicted molar refractivity (Wildman–Crippen MR) is 68.8 cm³/mol. The summed E-state index contributed by atoms with van der Waals surface area (Å²) in [6.45, 7) is 1.94. The Morgan fingerprint density at radius 3 is 3.00 bits per heavy atom. The highest BCUT2D eigenvalue weighted by Crippen LogP contribution is 2.18. The third-order valence-corrected chi connectivity index (χ3v) is 3.39. The van der Waals surface area contributed by atoms with Gasteiger partial charge in [-0.2, -0.15) is 0 Å². The zero-order valence-corrected chi connectivity index (χ0v) is 10.2. The van der Waals surface area contributed by atoms with Crippen molar-refractivity contribution in [1.82, 2.24) is 10.3 Å². The maximum absolute atomic E-state index is 11.9. The van der Waals surface area contributed by atoms with Crippen molar-refractivity contribution in [1.29, 1.82) is 0 Å². The summed E-state index contributed by atoms with van der Waals surface area (Å²) in [6, 6.07) is 7.14. The lowest BCUT2D eigenvalue weighted by Gasteiger charge is -2.11. The molecule has 0 saturated heterocycles. The highest BCUT2D eigenvalue weighted by atomic mass is 32.1. The molecule has 0 aliphatic heterocycles. The van der Waals surface area contributed by atoms with Gasteiger partial charge in [-0.25, -0.2) is 0 Å². The number of anilines is 1. The van der Waals surface area contributed by atoms with Crippen LogP contribution >= 0.6 is 11.3 Å². The molecular formula is C12H13N3OS. The van der Waals surface area contributed by atoms with Crippen LogP contribution in [0, 0.1) is 0 Å². The number of aromatic nitrogens is 1. The first-order valence-corrected chi connectivity index (χ1v) is 6.10. The van der Waals surface area contributed by atoms with Crippen LogP contribution in [-0.4, -0.2) is 10.9 Å². The number of carbonyl (C=O) groups is 1. The molecule has 0 radical (unpaired) electrons. The van der Waals surface area contributed by atoms with Crippen molar-refractivity contribution in [3.63, 3.8) is 0 Å². The summed E-state index contributed by atoms with van der Waals surface area (Å²) < 4.78 is 0. The Hall–Kier alpha value is -1.88. The first-order valence-electron chi connectivity index (χ1n) is 5.22. The van der Waals surface area contributed by atoms with Crippen molar-refractivity contribution >= 4 is 22.9 Å². The predicted octanol–water partition coefficient (Wildman–Crippen LogP) is 2.22. The first kappa shape index (κ1) is 11.6. The fraction of sp³-hybridized carbons (Fsp3) is 0.167. The molecule has 1 atom stereocenters. The quantitative estimate of drug-likeness (QED) is 0.873. The van der Waals surface area contributed by atoms with Gasteiger partial charge in [-0.1, -0.05) is 6.07 Å². The topological polar surface area (TPSA) is 68.0 Å². The molecule has 0 aromatic carbocycles. The second kappa shape index (κ2) is 4.97. The summed E-state index contributed by atoms with van der Waals surface area (Å²) in [4.78, 5) is 17.0. The van der Waals surface area contributed by atoms with Gasteiger partial charge in [0.1, 0.15) is 5.69 Å². The number of rotatable bonds is 3. The Morgan fingerprint density at radius 1 is 1.53 bits per heavy atom. The van der Waals surface area contributed by atoms with Gasteiger partial charge in [0.25, 0.3) is 5.91 Å².